The molecule has 152 valence electrons. The second-order valence-corrected chi connectivity index (χ2v) is 10.3. The summed E-state index contributed by atoms with van der Waals surface area (Å²) in [5, 5.41) is 4.75. The SMILES string of the molecule is CCN(CC)S(=O)(=O)c1ccc(SCC(=O)N(Cc2ccsc2)C2CC2)nc1. The van der Waals surface area contributed by atoms with Gasteiger partial charge in [0.05, 0.1) is 10.8 Å². The molecule has 1 saturated carbocycles. The third kappa shape index (κ3) is 5.14. The Morgan fingerprint density at radius 1 is 1.25 bits per heavy atom. The van der Waals surface area contributed by atoms with Gasteiger partial charge in [0.25, 0.3) is 0 Å². The standard InChI is InChI=1S/C19H25N3O3S3/c1-3-21(4-2)28(24,25)17-7-8-18(20-11-17)27-14-19(23)22(16-5-6-16)12-15-9-10-26-13-15/h7-11,13,16H,3-6,12,14H2,1-2H3. The van der Waals surface area contributed by atoms with Gasteiger partial charge < -0.3 is 4.90 Å². The molecule has 0 radical (unpaired) electrons. The van der Waals surface area contributed by atoms with Crippen LogP contribution < -0.4 is 0 Å². The molecule has 1 fully saturated rings. The van der Waals surface area contributed by atoms with E-state index in [0.717, 1.165) is 12.8 Å². The van der Waals surface area contributed by atoms with Gasteiger partial charge >= 0.3 is 0 Å². The van der Waals surface area contributed by atoms with Crippen LogP contribution in [-0.2, 0) is 21.4 Å². The zero-order chi connectivity index (χ0) is 20.1. The minimum absolute atomic E-state index is 0.0975. The lowest BCUT2D eigenvalue weighted by Gasteiger charge is -2.22. The van der Waals surface area contributed by atoms with Crippen LogP contribution in [0.1, 0.15) is 32.3 Å². The molecule has 1 amide bonds. The molecule has 0 spiro atoms. The topological polar surface area (TPSA) is 70.6 Å². The normalized spacial score (nSPS) is 14.4. The predicted molar refractivity (Wildman–Crippen MR) is 113 cm³/mol. The Kier molecular flexibility index (Phi) is 7.14. The van der Waals surface area contributed by atoms with Crippen LogP contribution in [-0.4, -0.2) is 53.4 Å². The molecule has 3 rings (SSSR count). The van der Waals surface area contributed by atoms with E-state index >= 15 is 0 Å². The largest absolute Gasteiger partial charge is 0.335 e. The van der Waals surface area contributed by atoms with Crippen LogP contribution in [0.5, 0.6) is 0 Å². The Balaban J connectivity index is 1.60. The summed E-state index contributed by atoms with van der Waals surface area (Å²) in [6.07, 6.45) is 3.51. The van der Waals surface area contributed by atoms with Gasteiger partial charge in [-0.2, -0.15) is 15.6 Å². The number of carbonyl (C=O) groups is 1. The molecule has 2 heterocycles. The molecule has 1 aliphatic rings. The Morgan fingerprint density at radius 3 is 2.54 bits per heavy atom. The fraction of sp³-hybridized carbons (Fsp3) is 0.474. The molecule has 1 aliphatic carbocycles. The zero-order valence-corrected chi connectivity index (χ0v) is 18.5. The second-order valence-electron chi connectivity index (χ2n) is 6.59. The van der Waals surface area contributed by atoms with Crippen LogP contribution in [0.3, 0.4) is 0 Å². The lowest BCUT2D eigenvalue weighted by Crippen LogP contribution is -2.33. The molecule has 0 bridgehead atoms. The highest BCUT2D eigenvalue weighted by Crippen LogP contribution is 2.30. The van der Waals surface area contributed by atoms with Crippen molar-refractivity contribution in [3.63, 3.8) is 0 Å². The highest BCUT2D eigenvalue weighted by atomic mass is 32.2. The van der Waals surface area contributed by atoms with E-state index in [1.165, 1.54) is 27.8 Å². The molecule has 0 unspecified atom stereocenters. The summed E-state index contributed by atoms with van der Waals surface area (Å²) in [6.45, 7) is 5.12. The van der Waals surface area contributed by atoms with Gasteiger partial charge in [-0.3, -0.25) is 4.79 Å². The number of aromatic nitrogens is 1. The molecule has 0 aliphatic heterocycles. The molecular weight excluding hydrogens is 414 g/mol. The first-order valence-corrected chi connectivity index (χ1v) is 12.7. The number of pyridine rings is 1. The predicted octanol–water partition coefficient (Wildman–Crippen LogP) is 3.46. The monoisotopic (exact) mass is 439 g/mol. The summed E-state index contributed by atoms with van der Waals surface area (Å²) in [4.78, 5) is 19.1. The summed E-state index contributed by atoms with van der Waals surface area (Å²) >= 11 is 2.98. The van der Waals surface area contributed by atoms with Crippen molar-refractivity contribution in [3.8, 4) is 0 Å². The average Bonchev–Trinajstić information content (AvgIpc) is 3.40. The number of carbonyl (C=O) groups excluding carboxylic acids is 1. The number of amides is 1. The van der Waals surface area contributed by atoms with Gasteiger partial charge in [-0.1, -0.05) is 25.6 Å². The summed E-state index contributed by atoms with van der Waals surface area (Å²) in [7, 11) is -3.51. The third-order valence-electron chi connectivity index (χ3n) is 4.64. The Labute approximate surface area is 175 Å². The number of hydrogen-bond acceptors (Lipinski definition) is 6. The number of hydrogen-bond donors (Lipinski definition) is 0. The van der Waals surface area contributed by atoms with Gasteiger partial charge in [0.15, 0.2) is 0 Å². The lowest BCUT2D eigenvalue weighted by molar-refractivity contribution is -0.129. The van der Waals surface area contributed by atoms with Crippen molar-refractivity contribution in [2.75, 3.05) is 18.8 Å². The van der Waals surface area contributed by atoms with Crippen LogP contribution in [0.25, 0.3) is 0 Å². The van der Waals surface area contributed by atoms with E-state index < -0.39 is 10.0 Å². The number of nitrogens with zero attached hydrogens (tertiary/aromatic N) is 3. The van der Waals surface area contributed by atoms with Crippen LogP contribution >= 0.6 is 23.1 Å². The van der Waals surface area contributed by atoms with E-state index in [1.54, 1.807) is 23.5 Å². The quantitative estimate of drug-likeness (QED) is 0.530. The molecule has 9 heteroatoms. The van der Waals surface area contributed by atoms with Gasteiger partial charge in [-0.15, -0.1) is 0 Å². The third-order valence-corrected chi connectivity index (χ3v) is 8.33. The Hall–Kier alpha value is -1.42. The van der Waals surface area contributed by atoms with E-state index in [9.17, 15) is 13.2 Å². The number of rotatable bonds is 10. The van der Waals surface area contributed by atoms with Crippen LogP contribution in [0.4, 0.5) is 0 Å². The fourth-order valence-corrected chi connectivity index (χ4v) is 5.71. The molecule has 6 nitrogen and oxygen atoms in total. The van der Waals surface area contributed by atoms with Gasteiger partial charge in [0, 0.05) is 31.9 Å². The molecule has 0 saturated heterocycles. The van der Waals surface area contributed by atoms with Crippen LogP contribution in [0.15, 0.2) is 45.1 Å². The van der Waals surface area contributed by atoms with E-state index in [1.807, 2.05) is 24.1 Å². The van der Waals surface area contributed by atoms with E-state index in [-0.39, 0.29) is 10.8 Å². The second kappa shape index (κ2) is 9.39. The van der Waals surface area contributed by atoms with E-state index in [0.29, 0.717) is 36.5 Å². The average molecular weight is 440 g/mol. The maximum Gasteiger partial charge on any atom is 0.244 e. The first-order valence-electron chi connectivity index (χ1n) is 9.35. The highest BCUT2D eigenvalue weighted by Gasteiger charge is 2.32. The Bertz CT molecular complexity index is 875. The fourth-order valence-electron chi connectivity index (χ4n) is 2.92. The van der Waals surface area contributed by atoms with Crippen molar-refractivity contribution < 1.29 is 13.2 Å². The molecule has 0 aromatic carbocycles. The molecule has 28 heavy (non-hydrogen) atoms. The molecule has 2 aromatic heterocycles. The van der Waals surface area contributed by atoms with Crippen molar-refractivity contribution in [2.24, 2.45) is 0 Å². The molecular formula is C19H25N3O3S3. The lowest BCUT2D eigenvalue weighted by atomic mass is 10.3. The van der Waals surface area contributed by atoms with Crippen LogP contribution in [0, 0.1) is 0 Å². The van der Waals surface area contributed by atoms with Crippen LogP contribution in [0.2, 0.25) is 0 Å². The molecule has 2 aromatic rings. The van der Waals surface area contributed by atoms with Gasteiger partial charge in [0.1, 0.15) is 4.90 Å². The number of thiophene rings is 1. The smallest absolute Gasteiger partial charge is 0.244 e. The molecule has 0 N–H and O–H groups in total. The van der Waals surface area contributed by atoms with E-state index in [4.69, 9.17) is 0 Å². The summed E-state index contributed by atoms with van der Waals surface area (Å²) in [5.41, 5.74) is 1.17. The van der Waals surface area contributed by atoms with Crippen molar-refractivity contribution in [3.05, 3.63) is 40.7 Å². The summed E-state index contributed by atoms with van der Waals surface area (Å²) in [6, 6.07) is 5.64. The van der Waals surface area contributed by atoms with Crippen molar-refractivity contribution in [1.29, 1.82) is 0 Å². The minimum Gasteiger partial charge on any atom is -0.335 e. The first kappa shape index (κ1) is 21.3. The first-order chi connectivity index (χ1) is 13.5. The van der Waals surface area contributed by atoms with Crippen molar-refractivity contribution in [1.82, 2.24) is 14.2 Å². The zero-order valence-electron chi connectivity index (χ0n) is 16.1. The maximum absolute atomic E-state index is 12.7. The molecule has 0 atom stereocenters. The van der Waals surface area contributed by atoms with Gasteiger partial charge in [0.2, 0.25) is 15.9 Å². The van der Waals surface area contributed by atoms with Crippen molar-refractivity contribution >= 4 is 39.0 Å². The maximum atomic E-state index is 12.7. The number of thioether (sulfide) groups is 1. The van der Waals surface area contributed by atoms with Gasteiger partial charge in [-0.05, 0) is 47.4 Å². The summed E-state index contributed by atoms with van der Waals surface area (Å²) in [5.74, 6) is 0.399. The highest BCUT2D eigenvalue weighted by molar-refractivity contribution is 7.99. The van der Waals surface area contributed by atoms with Crippen molar-refractivity contribution in [2.45, 2.75) is 49.2 Å². The minimum atomic E-state index is -3.51. The summed E-state index contributed by atoms with van der Waals surface area (Å²) < 4.78 is 26.4. The Morgan fingerprint density at radius 2 is 2.00 bits per heavy atom. The van der Waals surface area contributed by atoms with E-state index in [2.05, 4.69) is 16.4 Å². The number of sulfonamides is 1. The van der Waals surface area contributed by atoms with Gasteiger partial charge in [-0.25, -0.2) is 13.4 Å².